The number of nitrogens with one attached hydrogen (secondary N) is 3. The van der Waals surface area contributed by atoms with Gasteiger partial charge in [0.25, 0.3) is 5.91 Å². The van der Waals surface area contributed by atoms with Crippen molar-refractivity contribution < 1.29 is 9.59 Å². The molecule has 1 aliphatic rings. The summed E-state index contributed by atoms with van der Waals surface area (Å²) >= 11 is 0. The predicted octanol–water partition coefficient (Wildman–Crippen LogP) is 1.96. The van der Waals surface area contributed by atoms with Crippen LogP contribution < -0.4 is 16.0 Å². The van der Waals surface area contributed by atoms with Gasteiger partial charge >= 0.3 is 6.03 Å². The molecule has 2 aromatic rings. The molecule has 1 aliphatic heterocycles. The molecule has 0 spiro atoms. The second-order valence-corrected chi connectivity index (χ2v) is 7.28. The van der Waals surface area contributed by atoms with E-state index >= 15 is 0 Å². The van der Waals surface area contributed by atoms with Gasteiger partial charge in [0.1, 0.15) is 0 Å². The van der Waals surface area contributed by atoms with E-state index in [1.807, 2.05) is 35.9 Å². The van der Waals surface area contributed by atoms with Crippen LogP contribution in [-0.2, 0) is 26.1 Å². The molecule has 1 aromatic heterocycles. The minimum Gasteiger partial charge on any atom is -0.347 e. The van der Waals surface area contributed by atoms with Crippen LogP contribution >= 0.6 is 0 Å². The first-order valence-electron chi connectivity index (χ1n) is 9.56. The normalized spacial score (nSPS) is 15.6. The molecule has 8 nitrogen and oxygen atoms in total. The lowest BCUT2D eigenvalue weighted by Crippen LogP contribution is -2.34. The van der Waals surface area contributed by atoms with E-state index in [2.05, 4.69) is 28.0 Å². The molecule has 0 saturated carbocycles. The van der Waals surface area contributed by atoms with Gasteiger partial charge in [0.15, 0.2) is 5.69 Å². The van der Waals surface area contributed by atoms with Gasteiger partial charge in [-0.1, -0.05) is 12.1 Å². The van der Waals surface area contributed by atoms with E-state index < -0.39 is 0 Å². The Morgan fingerprint density at radius 1 is 1.29 bits per heavy atom. The summed E-state index contributed by atoms with van der Waals surface area (Å²) in [5.74, 6) is -0.162. The number of urea groups is 1. The molecule has 0 fully saturated rings. The lowest BCUT2D eigenvalue weighted by molar-refractivity contribution is 0.0944. The molecule has 28 heavy (non-hydrogen) atoms. The summed E-state index contributed by atoms with van der Waals surface area (Å²) in [6, 6.07) is 7.62. The fourth-order valence-corrected chi connectivity index (χ4v) is 3.24. The van der Waals surface area contributed by atoms with E-state index in [1.54, 1.807) is 14.1 Å². The molecule has 3 rings (SSSR count). The average Bonchev–Trinajstić information content (AvgIpc) is 3.05. The van der Waals surface area contributed by atoms with Crippen LogP contribution in [0.1, 0.15) is 41.2 Å². The first kappa shape index (κ1) is 19.9. The number of aromatic nitrogens is 2. The van der Waals surface area contributed by atoms with Crippen molar-refractivity contribution in [2.24, 2.45) is 0 Å². The van der Waals surface area contributed by atoms with Crippen molar-refractivity contribution in [2.45, 2.75) is 45.9 Å². The molecule has 3 N–H and O–H groups in total. The Morgan fingerprint density at radius 3 is 2.64 bits per heavy atom. The predicted molar refractivity (Wildman–Crippen MR) is 108 cm³/mol. The smallest absolute Gasteiger partial charge is 0.321 e. The van der Waals surface area contributed by atoms with Gasteiger partial charge < -0.3 is 20.9 Å². The van der Waals surface area contributed by atoms with E-state index in [4.69, 9.17) is 0 Å². The first-order valence-corrected chi connectivity index (χ1v) is 9.56. The van der Waals surface area contributed by atoms with Crippen LogP contribution in [0.25, 0.3) is 0 Å². The summed E-state index contributed by atoms with van der Waals surface area (Å²) in [6.07, 6.45) is 0.879. The molecule has 3 amide bonds. The zero-order valence-electron chi connectivity index (χ0n) is 16.9. The Balaban J connectivity index is 1.64. The van der Waals surface area contributed by atoms with Gasteiger partial charge in [0.2, 0.25) is 0 Å². The van der Waals surface area contributed by atoms with Crippen LogP contribution in [0.2, 0.25) is 0 Å². The third-order valence-electron chi connectivity index (χ3n) is 4.87. The van der Waals surface area contributed by atoms with Gasteiger partial charge in [-0.2, -0.15) is 5.10 Å². The molecular weight excluding hydrogens is 356 g/mol. The van der Waals surface area contributed by atoms with Crippen LogP contribution in [0, 0.1) is 0 Å². The largest absolute Gasteiger partial charge is 0.347 e. The number of hydrogen-bond acceptors (Lipinski definition) is 4. The van der Waals surface area contributed by atoms with Crippen molar-refractivity contribution in [3.05, 3.63) is 46.8 Å². The van der Waals surface area contributed by atoms with Gasteiger partial charge in [0.05, 0.1) is 0 Å². The van der Waals surface area contributed by atoms with Crippen LogP contribution in [0.4, 0.5) is 10.5 Å². The summed E-state index contributed by atoms with van der Waals surface area (Å²) in [4.78, 5) is 25.9. The number of carbonyl (C=O) groups excluding carboxylic acids is 2. The Labute approximate surface area is 165 Å². The summed E-state index contributed by atoms with van der Waals surface area (Å²) < 4.78 is 1.93. The Hall–Kier alpha value is -2.87. The number of carbonyl (C=O) groups is 2. The Bertz CT molecular complexity index is 856. The zero-order chi connectivity index (χ0) is 20.3. The molecule has 0 saturated heterocycles. The highest BCUT2D eigenvalue weighted by atomic mass is 16.2. The molecule has 1 aromatic carbocycles. The molecule has 0 aliphatic carbocycles. The minimum atomic E-state index is -0.180. The molecule has 2 heterocycles. The van der Waals surface area contributed by atoms with E-state index in [9.17, 15) is 9.59 Å². The van der Waals surface area contributed by atoms with Crippen molar-refractivity contribution in [3.8, 4) is 0 Å². The maximum Gasteiger partial charge on any atom is 0.321 e. The van der Waals surface area contributed by atoms with Gasteiger partial charge in [0, 0.05) is 63.1 Å². The summed E-state index contributed by atoms with van der Waals surface area (Å²) in [5, 5.41) is 13.7. The third-order valence-corrected chi connectivity index (χ3v) is 4.87. The minimum absolute atomic E-state index is 0.162. The van der Waals surface area contributed by atoms with E-state index in [-0.39, 0.29) is 11.9 Å². The topological polar surface area (TPSA) is 91.3 Å². The number of anilines is 1. The molecule has 8 heteroatoms. The van der Waals surface area contributed by atoms with Crippen molar-refractivity contribution in [3.63, 3.8) is 0 Å². The fraction of sp³-hybridized carbons (Fsp3) is 0.450. The molecule has 0 bridgehead atoms. The Morgan fingerprint density at radius 2 is 2.00 bits per heavy atom. The lowest BCUT2D eigenvalue weighted by atomic mass is 10.0. The maximum absolute atomic E-state index is 12.7. The molecule has 150 valence electrons. The number of benzene rings is 1. The maximum atomic E-state index is 12.7. The highest BCUT2D eigenvalue weighted by Crippen LogP contribution is 2.21. The van der Waals surface area contributed by atoms with E-state index in [0.29, 0.717) is 30.5 Å². The fourth-order valence-electron chi connectivity index (χ4n) is 3.24. The number of amides is 3. The first-order chi connectivity index (χ1) is 13.4. The number of rotatable bonds is 5. The van der Waals surface area contributed by atoms with Gasteiger partial charge in [-0.3, -0.25) is 9.48 Å². The quantitative estimate of drug-likeness (QED) is 0.735. The van der Waals surface area contributed by atoms with Crippen molar-refractivity contribution in [1.29, 1.82) is 0 Å². The summed E-state index contributed by atoms with van der Waals surface area (Å²) in [6.45, 7) is 6.00. The second-order valence-electron chi connectivity index (χ2n) is 7.28. The van der Waals surface area contributed by atoms with Gasteiger partial charge in [-0.15, -0.1) is 0 Å². The van der Waals surface area contributed by atoms with Crippen molar-refractivity contribution >= 4 is 17.6 Å². The van der Waals surface area contributed by atoms with Gasteiger partial charge in [-0.05, 0) is 31.5 Å². The standard InChI is InChI=1S/C20H28N6O2/c1-5-26-17-10-13(2)21-12-16(17)18(24-26)19(27)22-11-14-6-8-15(9-7-14)23-20(28)25(3)4/h6-9,13,21H,5,10-12H2,1-4H3,(H,22,27)(H,23,28). The summed E-state index contributed by atoms with van der Waals surface area (Å²) in [5.41, 5.74) is 4.32. The van der Waals surface area contributed by atoms with Gasteiger partial charge in [-0.25, -0.2) is 4.79 Å². The second kappa shape index (κ2) is 8.43. The molecular formula is C20H28N6O2. The van der Waals surface area contributed by atoms with Crippen molar-refractivity contribution in [1.82, 2.24) is 25.3 Å². The number of fused-ring (bicyclic) bond motifs is 1. The monoisotopic (exact) mass is 384 g/mol. The van der Waals surface area contributed by atoms with E-state index in [0.717, 1.165) is 29.8 Å². The highest BCUT2D eigenvalue weighted by Gasteiger charge is 2.26. The van der Waals surface area contributed by atoms with Crippen LogP contribution in [0.3, 0.4) is 0 Å². The van der Waals surface area contributed by atoms with Crippen LogP contribution in [-0.4, -0.2) is 46.8 Å². The zero-order valence-corrected chi connectivity index (χ0v) is 16.9. The number of hydrogen-bond donors (Lipinski definition) is 3. The molecule has 1 atom stereocenters. The third kappa shape index (κ3) is 4.33. The molecule has 0 radical (unpaired) electrons. The number of nitrogens with zero attached hydrogens (tertiary/aromatic N) is 3. The Kier molecular flexibility index (Phi) is 5.99. The van der Waals surface area contributed by atoms with Crippen LogP contribution in [0.5, 0.6) is 0 Å². The number of aryl methyl sites for hydroxylation is 1. The SMILES string of the molecule is CCn1nc(C(=O)NCc2ccc(NC(=O)N(C)C)cc2)c2c1CC(C)NC2. The van der Waals surface area contributed by atoms with E-state index in [1.165, 1.54) is 4.90 Å². The van der Waals surface area contributed by atoms with Crippen LogP contribution in [0.15, 0.2) is 24.3 Å². The lowest BCUT2D eigenvalue weighted by Gasteiger charge is -2.21. The average molecular weight is 384 g/mol. The highest BCUT2D eigenvalue weighted by molar-refractivity contribution is 5.94. The molecule has 1 unspecified atom stereocenters. The summed E-state index contributed by atoms with van der Waals surface area (Å²) in [7, 11) is 3.38. The van der Waals surface area contributed by atoms with Crippen molar-refractivity contribution in [2.75, 3.05) is 19.4 Å².